The second-order valence-corrected chi connectivity index (χ2v) is 5.40. The van der Waals surface area contributed by atoms with Gasteiger partial charge in [0.1, 0.15) is 6.10 Å². The van der Waals surface area contributed by atoms with Crippen LogP contribution in [0.3, 0.4) is 0 Å². The molecule has 0 saturated carbocycles. The second-order valence-electron chi connectivity index (χ2n) is 5.40. The van der Waals surface area contributed by atoms with Crippen molar-refractivity contribution in [2.24, 2.45) is 11.0 Å². The van der Waals surface area contributed by atoms with Gasteiger partial charge in [-0.05, 0) is 35.6 Å². The quantitative estimate of drug-likeness (QED) is 0.499. The number of hydrogen-bond acceptors (Lipinski definition) is 3. The van der Waals surface area contributed by atoms with Crippen LogP contribution in [0.4, 0.5) is 0 Å². The zero-order valence-electron chi connectivity index (χ0n) is 12.1. The predicted octanol–water partition coefficient (Wildman–Crippen LogP) is 4.04. The molecule has 0 fully saturated rings. The van der Waals surface area contributed by atoms with Crippen molar-refractivity contribution in [1.29, 1.82) is 0 Å². The summed E-state index contributed by atoms with van der Waals surface area (Å²) in [4.78, 5) is 8.47. The summed E-state index contributed by atoms with van der Waals surface area (Å²) in [6.07, 6.45) is 2.86. The van der Waals surface area contributed by atoms with E-state index in [4.69, 9.17) is 10.4 Å². The van der Waals surface area contributed by atoms with Crippen molar-refractivity contribution in [3.8, 4) is 0 Å². The lowest BCUT2D eigenvalue weighted by Crippen LogP contribution is -2.16. The first-order chi connectivity index (χ1) is 9.61. The minimum Gasteiger partial charge on any atom is -0.271 e. The lowest BCUT2D eigenvalue weighted by atomic mass is 9.90. The molecule has 106 valence electrons. The molecule has 0 saturated heterocycles. The van der Waals surface area contributed by atoms with Gasteiger partial charge in [0.2, 0.25) is 0 Å². The first kappa shape index (κ1) is 14.4. The Labute approximate surface area is 119 Å². The number of nitrogens with one attached hydrogen (secondary N) is 1. The fourth-order valence-corrected chi connectivity index (χ4v) is 2.45. The third-order valence-corrected chi connectivity index (χ3v) is 3.41. The van der Waals surface area contributed by atoms with Gasteiger partial charge in [0.15, 0.2) is 0 Å². The van der Waals surface area contributed by atoms with Crippen molar-refractivity contribution in [1.82, 2.24) is 5.48 Å². The van der Waals surface area contributed by atoms with E-state index in [1.807, 2.05) is 25.1 Å². The van der Waals surface area contributed by atoms with Crippen LogP contribution in [-0.4, -0.2) is 6.10 Å². The lowest BCUT2D eigenvalue weighted by Gasteiger charge is -2.20. The first-order valence-electron chi connectivity index (χ1n) is 6.84. The van der Waals surface area contributed by atoms with Crippen LogP contribution in [-0.2, 0) is 11.3 Å². The Morgan fingerprint density at radius 1 is 1.40 bits per heavy atom. The van der Waals surface area contributed by atoms with E-state index >= 15 is 0 Å². The van der Waals surface area contributed by atoms with Crippen LogP contribution < -0.4 is 5.48 Å². The van der Waals surface area contributed by atoms with Crippen LogP contribution in [0.5, 0.6) is 0 Å². The second kappa shape index (κ2) is 6.46. The smallest absolute Gasteiger partial charge is 0.109 e. The Morgan fingerprint density at radius 2 is 2.15 bits per heavy atom. The number of nitrogens with zero attached hydrogens (tertiary/aromatic N) is 3. The van der Waals surface area contributed by atoms with Gasteiger partial charge < -0.3 is 0 Å². The number of allylic oxidation sites excluding steroid dienone is 1. The molecule has 2 unspecified atom stereocenters. The fraction of sp³-hybridized carbons (Fsp3) is 0.467. The zero-order chi connectivity index (χ0) is 14.5. The highest BCUT2D eigenvalue weighted by molar-refractivity contribution is 5.32. The molecule has 2 rings (SSSR count). The maximum atomic E-state index is 8.77. The Bertz CT molecular complexity index is 547. The molecule has 5 heteroatoms. The summed E-state index contributed by atoms with van der Waals surface area (Å²) in [6.45, 7) is 6.10. The number of hydrogen-bond donors (Lipinski definition) is 1. The molecule has 0 aliphatic carbocycles. The molecule has 1 aliphatic rings. The molecule has 0 aromatic heterocycles. The van der Waals surface area contributed by atoms with Crippen LogP contribution in [0.15, 0.2) is 41.2 Å². The molecule has 0 spiro atoms. The molecular weight excluding hydrogens is 252 g/mol. The van der Waals surface area contributed by atoms with Crippen LogP contribution in [0.25, 0.3) is 10.4 Å². The van der Waals surface area contributed by atoms with Crippen molar-refractivity contribution in [3.05, 3.63) is 57.6 Å². The van der Waals surface area contributed by atoms with Crippen molar-refractivity contribution in [2.75, 3.05) is 0 Å². The summed E-state index contributed by atoms with van der Waals surface area (Å²) in [6, 6.07) is 7.95. The average molecular weight is 272 g/mol. The third kappa shape index (κ3) is 3.32. The molecule has 0 amide bonds. The zero-order valence-corrected chi connectivity index (χ0v) is 12.1. The third-order valence-electron chi connectivity index (χ3n) is 3.41. The van der Waals surface area contributed by atoms with Gasteiger partial charge in [-0.25, -0.2) is 0 Å². The highest BCUT2D eigenvalue weighted by Crippen LogP contribution is 2.30. The van der Waals surface area contributed by atoms with Crippen LogP contribution in [0.1, 0.15) is 37.9 Å². The molecule has 0 radical (unpaired) electrons. The fourth-order valence-electron chi connectivity index (χ4n) is 2.45. The Balaban J connectivity index is 2.27. The molecule has 5 nitrogen and oxygen atoms in total. The summed E-state index contributed by atoms with van der Waals surface area (Å²) >= 11 is 0. The van der Waals surface area contributed by atoms with Crippen molar-refractivity contribution < 1.29 is 4.84 Å². The normalized spacial score (nSPS) is 19.2. The van der Waals surface area contributed by atoms with Gasteiger partial charge >= 0.3 is 0 Å². The van der Waals surface area contributed by atoms with E-state index in [1.165, 1.54) is 0 Å². The van der Waals surface area contributed by atoms with Crippen LogP contribution in [0, 0.1) is 5.92 Å². The number of benzene rings is 1. The summed E-state index contributed by atoms with van der Waals surface area (Å²) in [7, 11) is 0. The van der Waals surface area contributed by atoms with Crippen LogP contribution >= 0.6 is 0 Å². The highest BCUT2D eigenvalue weighted by atomic mass is 16.7. The summed E-state index contributed by atoms with van der Waals surface area (Å²) < 4.78 is 0. The van der Waals surface area contributed by atoms with E-state index in [2.05, 4.69) is 41.5 Å². The standard InChI is InChI=1S/C15H20N4O/c1-10(2)15(17-19-16)14-7-5-4-6-12(14)9-13-8-11(3)18-20-13/h4-8,10,13,15,18H,9H2,1-3H3. The van der Waals surface area contributed by atoms with Gasteiger partial charge in [-0.15, -0.1) is 0 Å². The van der Waals surface area contributed by atoms with E-state index in [0.29, 0.717) is 0 Å². The Kier molecular flexibility index (Phi) is 4.66. The van der Waals surface area contributed by atoms with Crippen LogP contribution in [0.2, 0.25) is 0 Å². The topological polar surface area (TPSA) is 70.0 Å². The SMILES string of the molecule is CC1=CC(Cc2ccccc2C(N=[N+]=[N-])C(C)C)ON1. The van der Waals surface area contributed by atoms with Gasteiger partial charge in [-0.2, -0.15) is 0 Å². The van der Waals surface area contributed by atoms with Crippen molar-refractivity contribution in [2.45, 2.75) is 39.3 Å². The summed E-state index contributed by atoms with van der Waals surface area (Å²) in [5.74, 6) is 0.256. The molecule has 20 heavy (non-hydrogen) atoms. The molecule has 1 heterocycles. The summed E-state index contributed by atoms with van der Waals surface area (Å²) in [5.41, 5.74) is 14.9. The van der Waals surface area contributed by atoms with Gasteiger partial charge in [-0.1, -0.05) is 43.2 Å². The molecule has 1 N–H and O–H groups in total. The van der Waals surface area contributed by atoms with E-state index in [9.17, 15) is 0 Å². The number of hydroxylamine groups is 1. The molecule has 1 aromatic carbocycles. The van der Waals surface area contributed by atoms with Gasteiger partial charge in [0.25, 0.3) is 0 Å². The predicted molar refractivity (Wildman–Crippen MR) is 78.6 cm³/mol. The largest absolute Gasteiger partial charge is 0.271 e. The number of azide groups is 1. The molecule has 2 atom stereocenters. The van der Waals surface area contributed by atoms with Crippen molar-refractivity contribution in [3.63, 3.8) is 0 Å². The first-order valence-corrected chi connectivity index (χ1v) is 6.84. The lowest BCUT2D eigenvalue weighted by molar-refractivity contribution is 0.0430. The van der Waals surface area contributed by atoms with E-state index < -0.39 is 0 Å². The minimum atomic E-state index is -0.143. The van der Waals surface area contributed by atoms with Gasteiger partial charge in [-0.3, -0.25) is 10.3 Å². The van der Waals surface area contributed by atoms with E-state index in [-0.39, 0.29) is 18.1 Å². The molecular formula is C15H20N4O. The Hall–Kier alpha value is -1.97. The number of rotatable bonds is 5. The monoisotopic (exact) mass is 272 g/mol. The molecule has 1 aliphatic heterocycles. The maximum Gasteiger partial charge on any atom is 0.109 e. The van der Waals surface area contributed by atoms with Crippen molar-refractivity contribution >= 4 is 0 Å². The summed E-state index contributed by atoms with van der Waals surface area (Å²) in [5, 5.41) is 3.95. The Morgan fingerprint density at radius 3 is 2.75 bits per heavy atom. The minimum absolute atomic E-state index is 0.0232. The maximum absolute atomic E-state index is 8.77. The van der Waals surface area contributed by atoms with E-state index in [1.54, 1.807) is 0 Å². The van der Waals surface area contributed by atoms with Gasteiger partial charge in [0.05, 0.1) is 6.04 Å². The van der Waals surface area contributed by atoms with E-state index in [0.717, 1.165) is 23.2 Å². The average Bonchev–Trinajstić information content (AvgIpc) is 2.82. The highest BCUT2D eigenvalue weighted by Gasteiger charge is 2.21. The molecule has 1 aromatic rings. The van der Waals surface area contributed by atoms with Gasteiger partial charge in [0, 0.05) is 17.0 Å². The molecule has 0 bridgehead atoms.